The van der Waals surface area contributed by atoms with E-state index in [0.29, 0.717) is 0 Å². The molecular formula is C10H14BF3N2O2. The summed E-state index contributed by atoms with van der Waals surface area (Å²) in [5.74, 6) is 0. The molecule has 1 saturated carbocycles. The van der Waals surface area contributed by atoms with E-state index in [9.17, 15) is 18.3 Å². The summed E-state index contributed by atoms with van der Waals surface area (Å²) in [7, 11) is 5.48. The molecule has 2 radical (unpaired) electrons. The fourth-order valence-corrected chi connectivity index (χ4v) is 1.99. The lowest BCUT2D eigenvalue weighted by Gasteiger charge is -2.31. The van der Waals surface area contributed by atoms with Crippen molar-refractivity contribution in [3.8, 4) is 0 Å². The number of hydrazine groups is 1. The Hall–Kier alpha value is -0.725. The topological polar surface area (TPSA) is 53.5 Å². The van der Waals surface area contributed by atoms with E-state index in [1.165, 1.54) is 0 Å². The fraction of sp³-hybridized carbons (Fsp3) is 0.800. The smallest absolute Gasteiger partial charge is 0.394 e. The molecule has 2 atom stereocenters. The summed E-state index contributed by atoms with van der Waals surface area (Å²) in [4.78, 5) is 0. The molecule has 2 aliphatic rings. The third-order valence-corrected chi connectivity index (χ3v) is 3.19. The van der Waals surface area contributed by atoms with Crippen molar-refractivity contribution in [3.63, 3.8) is 0 Å². The molecule has 0 aromatic heterocycles. The van der Waals surface area contributed by atoms with Gasteiger partial charge in [-0.2, -0.15) is 13.2 Å². The van der Waals surface area contributed by atoms with Gasteiger partial charge in [-0.05, 0) is 25.3 Å². The number of aliphatic hydroxyl groups is 1. The first-order chi connectivity index (χ1) is 8.24. The van der Waals surface area contributed by atoms with Crippen molar-refractivity contribution in [1.82, 2.24) is 10.9 Å². The van der Waals surface area contributed by atoms with Crippen LogP contribution in [0.1, 0.15) is 19.3 Å². The third kappa shape index (κ3) is 2.99. The number of ether oxygens (including phenoxy) is 1. The second kappa shape index (κ2) is 4.43. The summed E-state index contributed by atoms with van der Waals surface area (Å²) in [6.45, 7) is -0.367. The van der Waals surface area contributed by atoms with Crippen LogP contribution in [-0.4, -0.2) is 37.5 Å². The number of rotatable bonds is 5. The number of hydrogen-bond acceptors (Lipinski definition) is 4. The molecule has 1 fully saturated rings. The Morgan fingerprint density at radius 3 is 2.56 bits per heavy atom. The summed E-state index contributed by atoms with van der Waals surface area (Å²) in [6, 6.07) is 0. The quantitative estimate of drug-likeness (QED) is 0.633. The van der Waals surface area contributed by atoms with Gasteiger partial charge in [0.05, 0.1) is 12.0 Å². The maximum absolute atomic E-state index is 12.7. The summed E-state index contributed by atoms with van der Waals surface area (Å²) < 4.78 is 43.3. The number of halogens is 3. The zero-order chi connectivity index (χ0) is 13.4. The Labute approximate surface area is 104 Å². The molecule has 0 spiro atoms. The van der Waals surface area contributed by atoms with Crippen molar-refractivity contribution < 1.29 is 23.0 Å². The first-order valence-corrected chi connectivity index (χ1v) is 5.62. The molecule has 2 rings (SSSR count). The highest BCUT2D eigenvalue weighted by molar-refractivity contribution is 6.14. The van der Waals surface area contributed by atoms with E-state index in [2.05, 4.69) is 10.9 Å². The number of hydrogen-bond donors (Lipinski definition) is 3. The SMILES string of the molecule is [B]C(O)(COC1C=CNN1)CC1(C(F)(F)F)CC1. The van der Waals surface area contributed by atoms with Crippen LogP contribution in [0.2, 0.25) is 0 Å². The van der Waals surface area contributed by atoms with Crippen molar-refractivity contribution in [2.24, 2.45) is 5.41 Å². The van der Waals surface area contributed by atoms with Crippen LogP contribution >= 0.6 is 0 Å². The summed E-state index contributed by atoms with van der Waals surface area (Å²) in [6.07, 6.45) is -2.13. The van der Waals surface area contributed by atoms with Crippen LogP contribution in [0.4, 0.5) is 13.2 Å². The lowest BCUT2D eigenvalue weighted by Crippen LogP contribution is -2.44. The van der Waals surface area contributed by atoms with E-state index < -0.39 is 29.7 Å². The average molecular weight is 262 g/mol. The lowest BCUT2D eigenvalue weighted by atomic mass is 9.74. The van der Waals surface area contributed by atoms with Crippen molar-refractivity contribution >= 4 is 7.85 Å². The summed E-state index contributed by atoms with van der Waals surface area (Å²) >= 11 is 0. The van der Waals surface area contributed by atoms with Gasteiger partial charge < -0.3 is 15.3 Å². The second-order valence-electron chi connectivity index (χ2n) is 4.94. The largest absolute Gasteiger partial charge is 0.397 e. The maximum atomic E-state index is 12.7. The highest BCUT2D eigenvalue weighted by Gasteiger charge is 2.64. The Morgan fingerprint density at radius 2 is 2.11 bits per heavy atom. The van der Waals surface area contributed by atoms with Crippen LogP contribution in [0.15, 0.2) is 12.3 Å². The van der Waals surface area contributed by atoms with E-state index in [1.54, 1.807) is 12.3 Å². The zero-order valence-electron chi connectivity index (χ0n) is 9.63. The van der Waals surface area contributed by atoms with Crippen molar-refractivity contribution in [3.05, 3.63) is 12.3 Å². The third-order valence-electron chi connectivity index (χ3n) is 3.19. The molecule has 1 aliphatic heterocycles. The molecule has 18 heavy (non-hydrogen) atoms. The predicted octanol–water partition coefficient (Wildman–Crippen LogP) is 0.540. The first kappa shape index (κ1) is 13.7. The molecule has 3 N–H and O–H groups in total. The highest BCUT2D eigenvalue weighted by Crippen LogP contribution is 2.61. The molecule has 0 aromatic rings. The highest BCUT2D eigenvalue weighted by atomic mass is 19.4. The van der Waals surface area contributed by atoms with Gasteiger partial charge in [0.1, 0.15) is 14.1 Å². The Morgan fingerprint density at radius 1 is 1.44 bits per heavy atom. The number of nitrogens with one attached hydrogen (secondary N) is 2. The molecule has 0 saturated heterocycles. The van der Waals surface area contributed by atoms with Crippen LogP contribution in [0.3, 0.4) is 0 Å². The molecule has 0 amide bonds. The average Bonchev–Trinajstić information content (AvgIpc) is 2.83. The van der Waals surface area contributed by atoms with E-state index >= 15 is 0 Å². The summed E-state index contributed by atoms with van der Waals surface area (Å²) in [5, 5.41) is 9.79. The Bertz CT molecular complexity index is 343. The standard InChI is InChI=1S/C10H14BF3N2O2/c11-9(17,6-18-7-1-4-15-16-7)5-8(2-3-8)10(12,13)14/h1,4,7,15-17H,2-3,5-6H2. The molecular weight excluding hydrogens is 248 g/mol. The van der Waals surface area contributed by atoms with Crippen molar-refractivity contribution in [2.45, 2.75) is 37.2 Å². The van der Waals surface area contributed by atoms with Crippen LogP contribution in [0.5, 0.6) is 0 Å². The normalized spacial score (nSPS) is 28.8. The van der Waals surface area contributed by atoms with Crippen molar-refractivity contribution in [1.29, 1.82) is 0 Å². The second-order valence-corrected chi connectivity index (χ2v) is 4.94. The monoisotopic (exact) mass is 262 g/mol. The molecule has 100 valence electrons. The molecule has 8 heteroatoms. The molecule has 0 aromatic carbocycles. The molecule has 4 nitrogen and oxygen atoms in total. The van der Waals surface area contributed by atoms with Gasteiger partial charge in [0.2, 0.25) is 0 Å². The van der Waals surface area contributed by atoms with E-state index in [4.69, 9.17) is 12.6 Å². The van der Waals surface area contributed by atoms with E-state index in [-0.39, 0.29) is 19.4 Å². The van der Waals surface area contributed by atoms with Gasteiger partial charge in [-0.25, -0.2) is 5.43 Å². The van der Waals surface area contributed by atoms with Gasteiger partial charge >= 0.3 is 6.18 Å². The Kier molecular flexibility index (Phi) is 3.37. The van der Waals surface area contributed by atoms with Crippen molar-refractivity contribution in [2.75, 3.05) is 6.61 Å². The van der Waals surface area contributed by atoms with Gasteiger partial charge in [-0.3, -0.25) is 0 Å². The number of alkyl halides is 3. The maximum Gasteiger partial charge on any atom is 0.394 e. The first-order valence-electron chi connectivity index (χ1n) is 5.62. The molecule has 0 bridgehead atoms. The van der Waals surface area contributed by atoms with Gasteiger partial charge in [0.25, 0.3) is 0 Å². The zero-order valence-corrected chi connectivity index (χ0v) is 9.63. The minimum Gasteiger partial charge on any atom is -0.397 e. The van der Waals surface area contributed by atoms with Gasteiger partial charge in [-0.15, -0.1) is 0 Å². The fourth-order valence-electron chi connectivity index (χ4n) is 1.99. The molecule has 1 heterocycles. The summed E-state index contributed by atoms with van der Waals surface area (Å²) in [5.41, 5.74) is 1.48. The van der Waals surface area contributed by atoms with Crippen LogP contribution in [0, 0.1) is 5.41 Å². The van der Waals surface area contributed by atoms with Crippen LogP contribution < -0.4 is 10.9 Å². The van der Waals surface area contributed by atoms with Crippen LogP contribution in [-0.2, 0) is 4.74 Å². The van der Waals surface area contributed by atoms with E-state index in [1.807, 2.05) is 0 Å². The van der Waals surface area contributed by atoms with E-state index in [0.717, 1.165) is 0 Å². The predicted molar refractivity (Wildman–Crippen MR) is 58.2 cm³/mol. The van der Waals surface area contributed by atoms with Gasteiger partial charge in [-0.1, -0.05) is 0 Å². The van der Waals surface area contributed by atoms with Gasteiger partial charge in [0.15, 0.2) is 0 Å². The Balaban J connectivity index is 1.85. The lowest BCUT2D eigenvalue weighted by molar-refractivity contribution is -0.200. The minimum absolute atomic E-state index is 0.0130. The minimum atomic E-state index is -4.33. The molecule has 1 aliphatic carbocycles. The van der Waals surface area contributed by atoms with Gasteiger partial charge in [0, 0.05) is 11.7 Å². The molecule has 2 unspecified atom stereocenters. The van der Waals surface area contributed by atoms with Crippen LogP contribution in [0.25, 0.3) is 0 Å².